The number of para-hydroxylation sites is 1. The lowest BCUT2D eigenvalue weighted by molar-refractivity contribution is -0.135. The molecule has 0 aliphatic carbocycles. The van der Waals surface area contributed by atoms with Crippen LogP contribution >= 0.6 is 11.3 Å². The molecule has 124 valence electrons. The number of anilines is 1. The van der Waals surface area contributed by atoms with E-state index < -0.39 is 6.04 Å². The van der Waals surface area contributed by atoms with Crippen LogP contribution in [0, 0.1) is 0 Å². The number of rotatable bonds is 2. The van der Waals surface area contributed by atoms with Crippen molar-refractivity contribution < 1.29 is 9.59 Å². The summed E-state index contributed by atoms with van der Waals surface area (Å²) >= 11 is 1.67. The van der Waals surface area contributed by atoms with Crippen molar-refractivity contribution >= 4 is 28.8 Å². The van der Waals surface area contributed by atoms with Crippen LogP contribution < -0.4 is 4.90 Å². The molecule has 2 aliphatic heterocycles. The molecule has 0 N–H and O–H groups in total. The fourth-order valence-corrected chi connectivity index (χ4v) is 4.71. The number of nitrogens with zero attached hydrogens (tertiary/aromatic N) is 2. The molecule has 2 amide bonds. The zero-order valence-electron chi connectivity index (χ0n) is 13.6. The molecule has 0 bridgehead atoms. The molecular weight excluding hydrogens is 320 g/mol. The van der Waals surface area contributed by atoms with Gasteiger partial charge in [-0.15, -0.1) is 0 Å². The molecule has 0 unspecified atom stereocenters. The number of hydrogen-bond acceptors (Lipinski definition) is 3. The average Bonchev–Trinajstić information content (AvgIpc) is 3.30. The van der Waals surface area contributed by atoms with Gasteiger partial charge in [-0.25, -0.2) is 0 Å². The van der Waals surface area contributed by atoms with Crippen LogP contribution in [-0.4, -0.2) is 29.3 Å². The number of hydrogen-bond donors (Lipinski definition) is 0. The Hall–Kier alpha value is -2.14. The normalized spacial score (nSPS) is 22.7. The van der Waals surface area contributed by atoms with Gasteiger partial charge in [0.2, 0.25) is 11.8 Å². The number of carbonyl (C=O) groups is 2. The largest absolute Gasteiger partial charge is 0.334 e. The third-order valence-corrected chi connectivity index (χ3v) is 5.77. The van der Waals surface area contributed by atoms with E-state index in [4.69, 9.17) is 0 Å². The molecule has 2 aliphatic rings. The second kappa shape index (κ2) is 6.06. The van der Waals surface area contributed by atoms with Crippen LogP contribution in [-0.2, 0) is 16.0 Å². The smallest absolute Gasteiger partial charge is 0.246 e. The van der Waals surface area contributed by atoms with E-state index in [9.17, 15) is 9.59 Å². The minimum Gasteiger partial charge on any atom is -0.334 e. The second-order valence-corrected chi connectivity index (χ2v) is 7.26. The van der Waals surface area contributed by atoms with Crippen LogP contribution in [0.2, 0.25) is 0 Å². The first-order valence-corrected chi connectivity index (χ1v) is 9.31. The number of thiophene rings is 1. The minimum absolute atomic E-state index is 0.0652. The van der Waals surface area contributed by atoms with E-state index in [-0.39, 0.29) is 17.9 Å². The third kappa shape index (κ3) is 2.44. The predicted molar refractivity (Wildman–Crippen MR) is 95.1 cm³/mol. The molecule has 24 heavy (non-hydrogen) atoms. The van der Waals surface area contributed by atoms with E-state index in [0.717, 1.165) is 30.6 Å². The summed E-state index contributed by atoms with van der Waals surface area (Å²) in [6, 6.07) is 9.69. The molecule has 0 saturated carbocycles. The van der Waals surface area contributed by atoms with E-state index >= 15 is 0 Å². The van der Waals surface area contributed by atoms with E-state index in [0.29, 0.717) is 6.42 Å². The molecule has 1 aromatic heterocycles. The van der Waals surface area contributed by atoms with Gasteiger partial charge in [-0.05, 0) is 46.9 Å². The summed E-state index contributed by atoms with van der Waals surface area (Å²) in [6.07, 6.45) is 2.63. The fraction of sp³-hybridized carbons (Fsp3) is 0.368. The molecular formula is C19H20N2O2S. The number of likely N-dealkylation sites (tertiary alicyclic amines) is 1. The molecule has 1 saturated heterocycles. The Morgan fingerprint density at radius 2 is 2.04 bits per heavy atom. The van der Waals surface area contributed by atoms with Crippen LogP contribution in [0.4, 0.5) is 5.69 Å². The Balaban J connectivity index is 1.63. The third-order valence-electron chi connectivity index (χ3n) is 5.06. The lowest BCUT2D eigenvalue weighted by Crippen LogP contribution is -2.48. The molecule has 0 radical (unpaired) electrons. The number of amides is 2. The van der Waals surface area contributed by atoms with Gasteiger partial charge in [-0.1, -0.05) is 18.2 Å². The highest BCUT2D eigenvalue weighted by molar-refractivity contribution is 7.08. The maximum atomic E-state index is 13.3. The maximum Gasteiger partial charge on any atom is 0.246 e. The Kier molecular flexibility index (Phi) is 3.88. The van der Waals surface area contributed by atoms with Gasteiger partial charge in [0, 0.05) is 25.6 Å². The van der Waals surface area contributed by atoms with Crippen LogP contribution in [0.1, 0.15) is 36.9 Å². The lowest BCUT2D eigenvalue weighted by atomic mass is 10.1. The van der Waals surface area contributed by atoms with Crippen molar-refractivity contribution in [1.82, 2.24) is 4.90 Å². The first-order chi connectivity index (χ1) is 11.7. The van der Waals surface area contributed by atoms with Crippen molar-refractivity contribution in [3.05, 3.63) is 52.2 Å². The van der Waals surface area contributed by atoms with Gasteiger partial charge in [0.25, 0.3) is 0 Å². The molecule has 3 heterocycles. The highest BCUT2D eigenvalue weighted by atomic mass is 32.1. The molecule has 0 spiro atoms. The van der Waals surface area contributed by atoms with E-state index in [1.165, 1.54) is 5.56 Å². The molecule has 1 fully saturated rings. The molecule has 4 nitrogen and oxygen atoms in total. The Morgan fingerprint density at radius 3 is 2.79 bits per heavy atom. The van der Waals surface area contributed by atoms with E-state index in [1.54, 1.807) is 23.2 Å². The van der Waals surface area contributed by atoms with E-state index in [1.807, 2.05) is 29.2 Å². The first-order valence-electron chi connectivity index (χ1n) is 8.37. The highest BCUT2D eigenvalue weighted by Crippen LogP contribution is 2.37. The summed E-state index contributed by atoms with van der Waals surface area (Å²) in [5, 5.41) is 4.19. The standard InChI is InChI=1S/C19H20N2O2S/c1-13(22)21-17-6-3-2-5-14(17)11-18(21)19(23)20-9-4-7-16(20)15-8-10-24-12-15/h2-3,5-6,8,10,12,16,18H,4,7,9,11H2,1H3/t16-,18+/m1/s1. The van der Waals surface area contributed by atoms with Crippen LogP contribution in [0.5, 0.6) is 0 Å². The van der Waals surface area contributed by atoms with Gasteiger partial charge >= 0.3 is 0 Å². The number of benzene rings is 1. The van der Waals surface area contributed by atoms with Gasteiger partial charge in [0.05, 0.1) is 6.04 Å². The molecule has 2 atom stereocenters. The summed E-state index contributed by atoms with van der Waals surface area (Å²) in [4.78, 5) is 29.1. The molecule has 1 aromatic carbocycles. The maximum absolute atomic E-state index is 13.3. The highest BCUT2D eigenvalue weighted by Gasteiger charge is 2.41. The SMILES string of the molecule is CC(=O)N1c2ccccc2C[C@H]1C(=O)N1CCC[C@@H]1c1ccsc1. The topological polar surface area (TPSA) is 40.6 Å². The summed E-state index contributed by atoms with van der Waals surface area (Å²) in [6.45, 7) is 2.32. The zero-order chi connectivity index (χ0) is 16.7. The summed E-state index contributed by atoms with van der Waals surface area (Å²) in [5.74, 6) is 0.0136. The second-order valence-electron chi connectivity index (χ2n) is 6.48. The van der Waals surface area contributed by atoms with Gasteiger partial charge in [-0.2, -0.15) is 11.3 Å². The van der Waals surface area contributed by atoms with Gasteiger partial charge in [0.15, 0.2) is 0 Å². The van der Waals surface area contributed by atoms with Crippen LogP contribution in [0.25, 0.3) is 0 Å². The summed E-state index contributed by atoms with van der Waals surface area (Å²) < 4.78 is 0. The van der Waals surface area contributed by atoms with Crippen LogP contribution in [0.15, 0.2) is 41.1 Å². The van der Waals surface area contributed by atoms with Crippen LogP contribution in [0.3, 0.4) is 0 Å². The Bertz CT molecular complexity index is 771. The minimum atomic E-state index is -0.404. The summed E-state index contributed by atoms with van der Waals surface area (Å²) in [5.41, 5.74) is 3.18. The van der Waals surface area contributed by atoms with E-state index in [2.05, 4.69) is 16.8 Å². The number of fused-ring (bicyclic) bond motifs is 1. The van der Waals surface area contributed by atoms with Crippen molar-refractivity contribution in [3.63, 3.8) is 0 Å². The molecule has 5 heteroatoms. The Labute approximate surface area is 145 Å². The molecule has 4 rings (SSSR count). The monoisotopic (exact) mass is 340 g/mol. The van der Waals surface area contributed by atoms with Crippen molar-refractivity contribution in [2.45, 2.75) is 38.3 Å². The van der Waals surface area contributed by atoms with Gasteiger partial charge in [-0.3, -0.25) is 14.5 Å². The predicted octanol–water partition coefficient (Wildman–Crippen LogP) is 3.39. The summed E-state index contributed by atoms with van der Waals surface area (Å²) in [7, 11) is 0. The quantitative estimate of drug-likeness (QED) is 0.841. The zero-order valence-corrected chi connectivity index (χ0v) is 14.5. The van der Waals surface area contributed by atoms with Crippen molar-refractivity contribution in [2.24, 2.45) is 0 Å². The first kappa shape index (κ1) is 15.4. The average molecular weight is 340 g/mol. The van der Waals surface area contributed by atoms with Gasteiger partial charge < -0.3 is 4.90 Å². The molecule has 2 aromatic rings. The number of carbonyl (C=O) groups excluding carboxylic acids is 2. The lowest BCUT2D eigenvalue weighted by Gasteiger charge is -2.31. The Morgan fingerprint density at radius 1 is 1.21 bits per heavy atom. The van der Waals surface area contributed by atoms with Gasteiger partial charge in [0.1, 0.15) is 6.04 Å². The van der Waals surface area contributed by atoms with Crippen molar-refractivity contribution in [1.29, 1.82) is 0 Å². The fourth-order valence-electron chi connectivity index (χ4n) is 4.01. The van der Waals surface area contributed by atoms with Crippen molar-refractivity contribution in [2.75, 3.05) is 11.4 Å². The van der Waals surface area contributed by atoms with Crippen molar-refractivity contribution in [3.8, 4) is 0 Å².